The molecule has 2 nitrogen and oxygen atoms in total. The third-order valence-electron chi connectivity index (χ3n) is 1.38. The first-order chi connectivity index (χ1) is 4.83. The average Bonchev–Trinajstić information content (AvgIpc) is 1.88. The molecule has 0 aromatic carbocycles. The second-order valence-electron chi connectivity index (χ2n) is 2.41. The molecule has 10 heavy (non-hydrogen) atoms. The Morgan fingerprint density at radius 3 is 3.00 bits per heavy atom. The minimum atomic E-state index is 0.939. The number of hydrogen-bond donors (Lipinski definition) is 1. The summed E-state index contributed by atoms with van der Waals surface area (Å²) in [5, 5.41) is 3.10. The van der Waals surface area contributed by atoms with Crippen LogP contribution in [0.15, 0.2) is 24.5 Å². The van der Waals surface area contributed by atoms with E-state index >= 15 is 0 Å². The fourth-order valence-electron chi connectivity index (χ4n) is 0.959. The first-order valence-electron chi connectivity index (χ1n) is 3.41. The maximum atomic E-state index is 3.10. The highest BCUT2D eigenvalue weighted by Crippen LogP contribution is 1.91. The van der Waals surface area contributed by atoms with Gasteiger partial charge in [0.05, 0.1) is 0 Å². The maximum absolute atomic E-state index is 3.10. The summed E-state index contributed by atoms with van der Waals surface area (Å²) in [5.41, 5.74) is 1.31. The van der Waals surface area contributed by atoms with Crippen LogP contribution < -0.4 is 9.88 Å². The van der Waals surface area contributed by atoms with Crippen LogP contribution in [0.5, 0.6) is 0 Å². The minimum Gasteiger partial charge on any atom is -0.315 e. The Balaban J connectivity index is 2.75. The molecular formula is C8H13N2+. The van der Waals surface area contributed by atoms with Gasteiger partial charge in [-0.15, -0.1) is 0 Å². The quantitative estimate of drug-likeness (QED) is 0.577. The largest absolute Gasteiger partial charge is 0.315 e. The van der Waals surface area contributed by atoms with Gasteiger partial charge in [0.2, 0.25) is 0 Å². The molecule has 0 amide bonds. The summed E-state index contributed by atoms with van der Waals surface area (Å²) in [6.45, 7) is 0.939. The van der Waals surface area contributed by atoms with Gasteiger partial charge in [-0.3, -0.25) is 0 Å². The topological polar surface area (TPSA) is 15.9 Å². The first kappa shape index (κ1) is 7.22. The summed E-state index contributed by atoms with van der Waals surface area (Å²) >= 11 is 0. The second-order valence-corrected chi connectivity index (χ2v) is 2.41. The molecule has 0 aliphatic carbocycles. The lowest BCUT2D eigenvalue weighted by atomic mass is 10.3. The van der Waals surface area contributed by atoms with Crippen molar-refractivity contribution in [3.8, 4) is 0 Å². The summed E-state index contributed by atoms with van der Waals surface area (Å²) in [7, 11) is 3.98. The van der Waals surface area contributed by atoms with Crippen LogP contribution in [-0.4, -0.2) is 7.05 Å². The molecule has 0 saturated heterocycles. The van der Waals surface area contributed by atoms with Crippen molar-refractivity contribution in [1.82, 2.24) is 5.32 Å². The van der Waals surface area contributed by atoms with E-state index in [0.717, 1.165) is 6.54 Å². The van der Waals surface area contributed by atoms with Crippen LogP contribution in [0.4, 0.5) is 0 Å². The molecule has 1 N–H and O–H groups in total. The third-order valence-corrected chi connectivity index (χ3v) is 1.38. The number of nitrogens with zero attached hydrogens (tertiary/aromatic N) is 1. The lowest BCUT2D eigenvalue weighted by molar-refractivity contribution is -0.671. The van der Waals surface area contributed by atoms with Crippen LogP contribution >= 0.6 is 0 Å². The van der Waals surface area contributed by atoms with Crippen molar-refractivity contribution < 1.29 is 4.57 Å². The molecule has 0 spiro atoms. The lowest BCUT2D eigenvalue weighted by Crippen LogP contribution is -2.27. The molecule has 0 atom stereocenters. The molecule has 0 aliphatic rings. The Kier molecular flexibility index (Phi) is 2.40. The number of pyridine rings is 1. The fourth-order valence-corrected chi connectivity index (χ4v) is 0.959. The molecule has 1 rings (SSSR count). The van der Waals surface area contributed by atoms with E-state index < -0.39 is 0 Å². The number of nitrogens with one attached hydrogen (secondary N) is 1. The molecule has 54 valence electrons. The molecular weight excluding hydrogens is 124 g/mol. The van der Waals surface area contributed by atoms with Crippen molar-refractivity contribution in [1.29, 1.82) is 0 Å². The predicted octanol–water partition coefficient (Wildman–Crippen LogP) is 0.230. The number of rotatable bonds is 2. The van der Waals surface area contributed by atoms with Crippen LogP contribution in [0.2, 0.25) is 0 Å². The zero-order valence-electron chi connectivity index (χ0n) is 6.46. The molecule has 1 aromatic heterocycles. The molecule has 1 aromatic rings. The zero-order valence-corrected chi connectivity index (χ0v) is 6.46. The van der Waals surface area contributed by atoms with Gasteiger partial charge in [0.25, 0.3) is 0 Å². The second kappa shape index (κ2) is 3.32. The van der Waals surface area contributed by atoms with Gasteiger partial charge in [-0.05, 0) is 13.1 Å². The molecule has 0 aliphatic heterocycles. The van der Waals surface area contributed by atoms with E-state index in [9.17, 15) is 0 Å². The average molecular weight is 137 g/mol. The van der Waals surface area contributed by atoms with E-state index in [1.807, 2.05) is 30.9 Å². The number of aryl methyl sites for hydroxylation is 1. The standard InChI is InChI=1S/C8H13N2/c1-9-6-8-4-3-5-10(2)7-8/h3-5,7,9H,6H2,1-2H3/q+1. The van der Waals surface area contributed by atoms with E-state index in [4.69, 9.17) is 0 Å². The SMILES string of the molecule is CNCc1ccc[n+](C)c1. The summed E-state index contributed by atoms with van der Waals surface area (Å²) in [6.07, 6.45) is 4.13. The van der Waals surface area contributed by atoms with Gasteiger partial charge in [-0.2, -0.15) is 0 Å². The molecule has 0 bridgehead atoms. The third kappa shape index (κ3) is 1.81. The van der Waals surface area contributed by atoms with Crippen molar-refractivity contribution >= 4 is 0 Å². The van der Waals surface area contributed by atoms with Crippen LogP contribution in [0.1, 0.15) is 5.56 Å². The van der Waals surface area contributed by atoms with Crippen LogP contribution in [0, 0.1) is 0 Å². The van der Waals surface area contributed by atoms with Gasteiger partial charge in [-0.25, -0.2) is 4.57 Å². The van der Waals surface area contributed by atoms with Gasteiger partial charge in [-0.1, -0.05) is 0 Å². The van der Waals surface area contributed by atoms with E-state index in [1.165, 1.54) is 5.56 Å². The highest BCUT2D eigenvalue weighted by atomic mass is 14.9. The first-order valence-corrected chi connectivity index (χ1v) is 3.41. The Morgan fingerprint density at radius 2 is 2.40 bits per heavy atom. The maximum Gasteiger partial charge on any atom is 0.173 e. The molecule has 0 unspecified atom stereocenters. The van der Waals surface area contributed by atoms with Gasteiger partial charge in [0, 0.05) is 18.2 Å². The van der Waals surface area contributed by atoms with E-state index in [1.54, 1.807) is 0 Å². The minimum absolute atomic E-state index is 0.939. The Bertz CT molecular complexity index is 208. The summed E-state index contributed by atoms with van der Waals surface area (Å²) in [6, 6.07) is 4.16. The summed E-state index contributed by atoms with van der Waals surface area (Å²) in [5.74, 6) is 0. The van der Waals surface area contributed by atoms with Gasteiger partial charge < -0.3 is 5.32 Å². The number of aromatic nitrogens is 1. The highest BCUT2D eigenvalue weighted by Gasteiger charge is 1.94. The van der Waals surface area contributed by atoms with Gasteiger partial charge >= 0.3 is 0 Å². The zero-order chi connectivity index (χ0) is 7.40. The Morgan fingerprint density at radius 1 is 1.60 bits per heavy atom. The normalized spacial score (nSPS) is 9.80. The van der Waals surface area contributed by atoms with Crippen molar-refractivity contribution in [2.24, 2.45) is 7.05 Å². The lowest BCUT2D eigenvalue weighted by Gasteiger charge is -1.95. The fraction of sp³-hybridized carbons (Fsp3) is 0.375. The molecule has 0 fully saturated rings. The van der Waals surface area contributed by atoms with Crippen molar-refractivity contribution in [3.05, 3.63) is 30.1 Å². The Labute approximate surface area is 61.5 Å². The summed E-state index contributed by atoms with van der Waals surface area (Å²) in [4.78, 5) is 0. The van der Waals surface area contributed by atoms with E-state index in [-0.39, 0.29) is 0 Å². The van der Waals surface area contributed by atoms with Crippen LogP contribution in [0.3, 0.4) is 0 Å². The molecule has 0 radical (unpaired) electrons. The van der Waals surface area contributed by atoms with Crippen molar-refractivity contribution in [2.45, 2.75) is 6.54 Å². The molecule has 0 saturated carbocycles. The van der Waals surface area contributed by atoms with E-state index in [0.29, 0.717) is 0 Å². The molecule has 2 heteroatoms. The van der Waals surface area contributed by atoms with Gasteiger partial charge in [0.15, 0.2) is 12.4 Å². The van der Waals surface area contributed by atoms with Crippen LogP contribution in [-0.2, 0) is 13.6 Å². The predicted molar refractivity (Wildman–Crippen MR) is 40.4 cm³/mol. The Hall–Kier alpha value is -0.890. The summed E-state index contributed by atoms with van der Waals surface area (Å²) < 4.78 is 2.05. The van der Waals surface area contributed by atoms with Crippen molar-refractivity contribution in [2.75, 3.05) is 7.05 Å². The van der Waals surface area contributed by atoms with Gasteiger partial charge in [0.1, 0.15) is 7.05 Å². The van der Waals surface area contributed by atoms with E-state index in [2.05, 4.69) is 17.6 Å². The highest BCUT2D eigenvalue weighted by molar-refractivity contribution is 5.04. The monoisotopic (exact) mass is 137 g/mol. The number of hydrogen-bond acceptors (Lipinski definition) is 1. The van der Waals surface area contributed by atoms with Crippen LogP contribution in [0.25, 0.3) is 0 Å². The smallest absolute Gasteiger partial charge is 0.173 e. The molecule has 1 heterocycles. The van der Waals surface area contributed by atoms with Crippen molar-refractivity contribution in [3.63, 3.8) is 0 Å².